The van der Waals surface area contributed by atoms with E-state index in [1.165, 1.54) is 50.0 Å². The van der Waals surface area contributed by atoms with Crippen molar-refractivity contribution in [2.24, 2.45) is 0 Å². The average molecular weight is 576 g/mol. The summed E-state index contributed by atoms with van der Waals surface area (Å²) in [5, 5.41) is 2.52. The molecule has 0 spiro atoms. The second-order valence-corrected chi connectivity index (χ2v) is 11.5. The highest BCUT2D eigenvalue weighted by molar-refractivity contribution is 6.18. The van der Waals surface area contributed by atoms with E-state index in [1.54, 1.807) is 0 Å². The van der Waals surface area contributed by atoms with E-state index in [4.69, 9.17) is 0 Å². The highest BCUT2D eigenvalue weighted by Crippen LogP contribution is 2.51. The van der Waals surface area contributed by atoms with Crippen molar-refractivity contribution in [1.82, 2.24) is 4.57 Å². The molecular weight excluding hydrogens is 546 g/mol. The molecule has 7 aromatic carbocycles. The van der Waals surface area contributed by atoms with E-state index in [2.05, 4.69) is 190 Å². The average Bonchev–Trinajstić information content (AvgIpc) is 3.45. The Labute approximate surface area is 262 Å². The number of benzene rings is 7. The van der Waals surface area contributed by atoms with Crippen molar-refractivity contribution < 1.29 is 0 Å². The van der Waals surface area contributed by atoms with Gasteiger partial charge in [-0.3, -0.25) is 0 Å². The van der Waals surface area contributed by atoms with Gasteiger partial charge in [-0.15, -0.1) is 0 Å². The van der Waals surface area contributed by atoms with Crippen LogP contribution in [0.3, 0.4) is 0 Å². The Hall–Kier alpha value is -6.06. The molecule has 0 radical (unpaired) electrons. The largest absolute Gasteiger partial charge is 0.311 e. The minimum Gasteiger partial charge on any atom is -0.311 e. The van der Waals surface area contributed by atoms with Crippen LogP contribution in [0, 0.1) is 0 Å². The number of aromatic nitrogens is 1. The van der Waals surface area contributed by atoms with Crippen LogP contribution in [-0.4, -0.2) is 4.57 Å². The molecule has 0 saturated heterocycles. The van der Waals surface area contributed by atoms with Gasteiger partial charge >= 0.3 is 0 Å². The molecule has 8 aromatic rings. The van der Waals surface area contributed by atoms with Gasteiger partial charge in [-0.05, 0) is 90.0 Å². The quantitative estimate of drug-likeness (QED) is 0.202. The first-order valence-corrected chi connectivity index (χ1v) is 15.4. The summed E-state index contributed by atoms with van der Waals surface area (Å²) in [6.07, 6.45) is 0. The molecule has 3 heteroatoms. The summed E-state index contributed by atoms with van der Waals surface area (Å²) >= 11 is 0. The number of anilines is 6. The van der Waals surface area contributed by atoms with Crippen LogP contribution in [0.1, 0.15) is 0 Å². The second-order valence-electron chi connectivity index (χ2n) is 11.5. The summed E-state index contributed by atoms with van der Waals surface area (Å²) in [6, 6.07) is 63.1. The molecular formula is C42H29N3. The van der Waals surface area contributed by atoms with Gasteiger partial charge in [-0.25, -0.2) is 0 Å². The zero-order chi connectivity index (χ0) is 29.7. The summed E-state index contributed by atoms with van der Waals surface area (Å²) in [5.41, 5.74) is 12.9. The molecule has 2 heterocycles. The first-order valence-electron chi connectivity index (χ1n) is 15.4. The van der Waals surface area contributed by atoms with E-state index in [-0.39, 0.29) is 0 Å². The van der Waals surface area contributed by atoms with E-state index in [9.17, 15) is 0 Å². The molecule has 1 aliphatic rings. The lowest BCUT2D eigenvalue weighted by Crippen LogP contribution is -2.18. The third-order valence-corrected chi connectivity index (χ3v) is 8.85. The maximum absolute atomic E-state index is 2.44. The zero-order valence-electron chi connectivity index (χ0n) is 24.6. The number of hydrogen-bond acceptors (Lipinski definition) is 2. The Morgan fingerprint density at radius 3 is 1.62 bits per heavy atom. The fraction of sp³-hybridized carbons (Fsp3) is 0. The van der Waals surface area contributed by atoms with Gasteiger partial charge in [-0.2, -0.15) is 0 Å². The minimum absolute atomic E-state index is 1.12. The van der Waals surface area contributed by atoms with Crippen molar-refractivity contribution in [3.63, 3.8) is 0 Å². The summed E-state index contributed by atoms with van der Waals surface area (Å²) in [5.74, 6) is 0. The third-order valence-electron chi connectivity index (χ3n) is 8.85. The Kier molecular flexibility index (Phi) is 5.82. The van der Waals surface area contributed by atoms with Gasteiger partial charge in [0.15, 0.2) is 0 Å². The molecule has 0 bridgehead atoms. The molecule has 0 N–H and O–H groups in total. The predicted octanol–water partition coefficient (Wildman–Crippen LogP) is 11.7. The number of hydrogen-bond donors (Lipinski definition) is 0. The van der Waals surface area contributed by atoms with Crippen molar-refractivity contribution in [2.45, 2.75) is 0 Å². The number of fused-ring (bicyclic) bond motifs is 5. The van der Waals surface area contributed by atoms with Crippen LogP contribution in [0.5, 0.6) is 0 Å². The lowest BCUT2D eigenvalue weighted by molar-refractivity contribution is 1.11. The van der Waals surface area contributed by atoms with Crippen molar-refractivity contribution in [3.8, 4) is 16.8 Å². The Morgan fingerprint density at radius 1 is 0.378 bits per heavy atom. The predicted molar refractivity (Wildman–Crippen MR) is 189 cm³/mol. The molecule has 0 aliphatic carbocycles. The molecule has 45 heavy (non-hydrogen) atoms. The van der Waals surface area contributed by atoms with Crippen LogP contribution < -0.4 is 9.80 Å². The standard InChI is InChI=1S/C42H29N3/c1-4-14-32(15-5-1)43(33-16-6-2-7-17-33)35-26-24-30(25-27-35)31-28-37-36-20-10-11-21-38(36)45-40-23-13-12-22-39(40)44(41(29-31)42(37)45)34-18-8-3-9-19-34/h1-29H. The van der Waals surface area contributed by atoms with Gasteiger partial charge in [0.1, 0.15) is 0 Å². The van der Waals surface area contributed by atoms with E-state index in [0.717, 1.165) is 22.7 Å². The van der Waals surface area contributed by atoms with Gasteiger partial charge in [0, 0.05) is 33.5 Å². The van der Waals surface area contributed by atoms with Crippen molar-refractivity contribution in [2.75, 3.05) is 9.80 Å². The van der Waals surface area contributed by atoms with Crippen LogP contribution in [0.15, 0.2) is 176 Å². The molecule has 1 aliphatic heterocycles. The molecule has 212 valence electrons. The highest BCUT2D eigenvalue weighted by atomic mass is 15.2. The van der Waals surface area contributed by atoms with E-state index < -0.39 is 0 Å². The maximum Gasteiger partial charge on any atom is 0.0783 e. The fourth-order valence-corrected chi connectivity index (χ4v) is 6.90. The van der Waals surface area contributed by atoms with Crippen LogP contribution in [0.25, 0.3) is 38.6 Å². The summed E-state index contributed by atoms with van der Waals surface area (Å²) in [7, 11) is 0. The molecule has 9 rings (SSSR count). The smallest absolute Gasteiger partial charge is 0.0783 e. The van der Waals surface area contributed by atoms with Gasteiger partial charge in [-0.1, -0.05) is 97.1 Å². The number of para-hydroxylation sites is 6. The minimum atomic E-state index is 1.12. The molecule has 0 atom stereocenters. The molecule has 0 amide bonds. The van der Waals surface area contributed by atoms with Gasteiger partial charge < -0.3 is 14.4 Å². The Morgan fingerprint density at radius 2 is 0.933 bits per heavy atom. The summed E-state index contributed by atoms with van der Waals surface area (Å²) in [6.45, 7) is 0. The number of nitrogens with zero attached hydrogens (tertiary/aromatic N) is 3. The first kappa shape index (κ1) is 25.4. The fourth-order valence-electron chi connectivity index (χ4n) is 6.90. The van der Waals surface area contributed by atoms with Gasteiger partial charge in [0.05, 0.1) is 28.1 Å². The van der Waals surface area contributed by atoms with Crippen LogP contribution in [0.2, 0.25) is 0 Å². The van der Waals surface area contributed by atoms with Crippen LogP contribution >= 0.6 is 0 Å². The zero-order valence-corrected chi connectivity index (χ0v) is 24.6. The molecule has 1 aromatic heterocycles. The second kappa shape index (κ2) is 10.3. The van der Waals surface area contributed by atoms with Crippen molar-refractivity contribution >= 4 is 55.9 Å². The van der Waals surface area contributed by atoms with E-state index >= 15 is 0 Å². The van der Waals surface area contributed by atoms with Gasteiger partial charge in [0.25, 0.3) is 0 Å². The summed E-state index contributed by atoms with van der Waals surface area (Å²) in [4.78, 5) is 4.72. The number of rotatable bonds is 5. The molecule has 0 unspecified atom stereocenters. The van der Waals surface area contributed by atoms with Gasteiger partial charge in [0.2, 0.25) is 0 Å². The van der Waals surface area contributed by atoms with Crippen molar-refractivity contribution in [1.29, 1.82) is 0 Å². The molecule has 0 fully saturated rings. The SMILES string of the molecule is c1ccc(N(c2ccccc2)c2ccc(-c3cc4c5c(c3)c3ccccc3n5-c3ccccc3N4c3ccccc3)cc2)cc1. The topological polar surface area (TPSA) is 11.4 Å². The Balaban J connectivity index is 1.25. The Bertz CT molecular complexity index is 2270. The van der Waals surface area contributed by atoms with Crippen molar-refractivity contribution in [3.05, 3.63) is 176 Å². The maximum atomic E-state index is 2.44. The van der Waals surface area contributed by atoms with E-state index in [1.807, 2.05) is 0 Å². The van der Waals surface area contributed by atoms with Crippen LogP contribution in [-0.2, 0) is 0 Å². The van der Waals surface area contributed by atoms with E-state index in [0.29, 0.717) is 0 Å². The lowest BCUT2D eigenvalue weighted by atomic mass is 9.99. The normalized spacial score (nSPS) is 12.0. The first-order chi connectivity index (χ1) is 22.3. The molecule has 0 saturated carbocycles. The highest BCUT2D eigenvalue weighted by Gasteiger charge is 2.29. The lowest BCUT2D eigenvalue weighted by Gasteiger charge is -2.33. The third kappa shape index (κ3) is 4.05. The monoisotopic (exact) mass is 575 g/mol. The molecule has 3 nitrogen and oxygen atoms in total. The van der Waals surface area contributed by atoms with Crippen LogP contribution in [0.4, 0.5) is 34.1 Å². The summed E-state index contributed by atoms with van der Waals surface area (Å²) < 4.78 is 2.44.